The summed E-state index contributed by atoms with van der Waals surface area (Å²) in [5.74, 6) is 6.10. The first kappa shape index (κ1) is 12.7. The van der Waals surface area contributed by atoms with E-state index in [4.69, 9.17) is 0 Å². The normalized spacial score (nSPS) is 11.9. The molecule has 0 aromatic heterocycles. The molecule has 0 spiro atoms. The molecule has 2 aromatic carbocycles. The van der Waals surface area contributed by atoms with Gasteiger partial charge in [-0.3, -0.25) is 0 Å². The molecule has 0 radical (unpaired) electrons. The minimum absolute atomic E-state index is 0.429. The van der Waals surface area contributed by atoms with E-state index in [0.29, 0.717) is 6.04 Å². The average Bonchev–Trinajstić information content (AvgIpc) is 2.43. The van der Waals surface area contributed by atoms with Gasteiger partial charge in [0.25, 0.3) is 0 Å². The molecule has 1 atom stereocenters. The molecule has 2 aromatic rings. The van der Waals surface area contributed by atoms with E-state index in [0.717, 1.165) is 12.8 Å². The lowest BCUT2D eigenvalue weighted by atomic mass is 10.0. The molecule has 2 rings (SSSR count). The predicted molar refractivity (Wildman–Crippen MR) is 78.6 cm³/mol. The van der Waals surface area contributed by atoms with E-state index in [1.807, 2.05) is 14.0 Å². The van der Waals surface area contributed by atoms with Crippen molar-refractivity contribution in [1.29, 1.82) is 0 Å². The molecule has 1 heteroatoms. The summed E-state index contributed by atoms with van der Waals surface area (Å²) in [5.41, 5.74) is 1.37. The van der Waals surface area contributed by atoms with E-state index in [9.17, 15) is 0 Å². The SMILES string of the molecule is CC#CCC(Cc1ccc2ccccc2c1)NC. The van der Waals surface area contributed by atoms with Gasteiger partial charge in [-0.2, -0.15) is 0 Å². The van der Waals surface area contributed by atoms with Crippen LogP contribution in [0.5, 0.6) is 0 Å². The second-order valence-electron chi connectivity index (χ2n) is 4.50. The summed E-state index contributed by atoms with van der Waals surface area (Å²) in [5, 5.41) is 5.94. The Bertz CT molecular complexity index is 575. The van der Waals surface area contributed by atoms with Crippen LogP contribution in [-0.2, 0) is 6.42 Å². The van der Waals surface area contributed by atoms with Crippen molar-refractivity contribution in [2.75, 3.05) is 7.05 Å². The van der Waals surface area contributed by atoms with Gasteiger partial charge in [-0.25, -0.2) is 0 Å². The van der Waals surface area contributed by atoms with Gasteiger partial charge in [0.15, 0.2) is 0 Å². The number of hydrogen-bond donors (Lipinski definition) is 1. The number of rotatable bonds is 4. The predicted octanol–water partition coefficient (Wildman–Crippen LogP) is 3.38. The molecular weight excluding hydrogens is 218 g/mol. The van der Waals surface area contributed by atoms with Crippen LogP contribution >= 0.6 is 0 Å². The minimum atomic E-state index is 0.429. The van der Waals surface area contributed by atoms with Crippen molar-refractivity contribution in [2.45, 2.75) is 25.8 Å². The quantitative estimate of drug-likeness (QED) is 0.804. The third-order valence-corrected chi connectivity index (χ3v) is 3.23. The van der Waals surface area contributed by atoms with Crippen LogP contribution in [0.1, 0.15) is 18.9 Å². The van der Waals surface area contributed by atoms with Gasteiger partial charge >= 0.3 is 0 Å². The number of likely N-dealkylation sites (N-methyl/N-ethyl adjacent to an activating group) is 1. The van der Waals surface area contributed by atoms with Crippen molar-refractivity contribution in [3.8, 4) is 11.8 Å². The van der Waals surface area contributed by atoms with Crippen molar-refractivity contribution in [3.05, 3.63) is 48.0 Å². The fourth-order valence-electron chi connectivity index (χ4n) is 2.15. The summed E-state index contributed by atoms with van der Waals surface area (Å²) in [6.07, 6.45) is 1.93. The lowest BCUT2D eigenvalue weighted by Gasteiger charge is -2.13. The Morgan fingerprint density at radius 3 is 2.61 bits per heavy atom. The Kier molecular flexibility index (Phi) is 4.39. The van der Waals surface area contributed by atoms with Crippen molar-refractivity contribution in [3.63, 3.8) is 0 Å². The Labute approximate surface area is 109 Å². The second-order valence-corrected chi connectivity index (χ2v) is 4.50. The second kappa shape index (κ2) is 6.23. The summed E-state index contributed by atoms with van der Waals surface area (Å²) in [7, 11) is 2.00. The van der Waals surface area contributed by atoms with Gasteiger partial charge in [-0.05, 0) is 36.7 Å². The Morgan fingerprint density at radius 1 is 1.11 bits per heavy atom. The molecule has 1 N–H and O–H groups in total. The number of benzene rings is 2. The van der Waals surface area contributed by atoms with Crippen LogP contribution in [0.25, 0.3) is 10.8 Å². The summed E-state index contributed by atoms with van der Waals surface area (Å²) < 4.78 is 0. The zero-order chi connectivity index (χ0) is 12.8. The molecule has 92 valence electrons. The lowest BCUT2D eigenvalue weighted by molar-refractivity contribution is 0.573. The molecule has 0 aliphatic rings. The molecule has 1 nitrogen and oxygen atoms in total. The van der Waals surface area contributed by atoms with E-state index >= 15 is 0 Å². The summed E-state index contributed by atoms with van der Waals surface area (Å²) in [4.78, 5) is 0. The fourth-order valence-corrected chi connectivity index (χ4v) is 2.15. The van der Waals surface area contributed by atoms with Gasteiger partial charge < -0.3 is 5.32 Å². The third-order valence-electron chi connectivity index (χ3n) is 3.23. The lowest BCUT2D eigenvalue weighted by Crippen LogP contribution is -2.26. The average molecular weight is 237 g/mol. The largest absolute Gasteiger partial charge is 0.316 e. The topological polar surface area (TPSA) is 12.0 Å². The fraction of sp³-hybridized carbons (Fsp3) is 0.294. The van der Waals surface area contributed by atoms with Crippen LogP contribution < -0.4 is 5.32 Å². The van der Waals surface area contributed by atoms with Crippen molar-refractivity contribution in [2.24, 2.45) is 0 Å². The number of hydrogen-bond acceptors (Lipinski definition) is 1. The third kappa shape index (κ3) is 3.12. The highest BCUT2D eigenvalue weighted by molar-refractivity contribution is 5.82. The highest BCUT2D eigenvalue weighted by Gasteiger charge is 2.06. The highest BCUT2D eigenvalue weighted by atomic mass is 14.9. The molecule has 0 aliphatic carbocycles. The first-order valence-electron chi connectivity index (χ1n) is 6.38. The van der Waals surface area contributed by atoms with E-state index in [1.54, 1.807) is 0 Å². The molecule has 18 heavy (non-hydrogen) atoms. The standard InChI is InChI=1S/C17H19N/c1-3-4-9-17(18-2)13-14-10-11-15-7-5-6-8-16(15)12-14/h5-8,10-12,17-18H,9,13H2,1-2H3. The van der Waals surface area contributed by atoms with Gasteiger partial charge in [0.05, 0.1) is 0 Å². The summed E-state index contributed by atoms with van der Waals surface area (Å²) in [6.45, 7) is 1.89. The molecular formula is C17H19N. The summed E-state index contributed by atoms with van der Waals surface area (Å²) in [6, 6.07) is 15.6. The summed E-state index contributed by atoms with van der Waals surface area (Å²) >= 11 is 0. The Morgan fingerprint density at radius 2 is 1.89 bits per heavy atom. The molecule has 0 amide bonds. The van der Waals surface area contributed by atoms with Gasteiger partial charge in [0, 0.05) is 12.5 Å². The van der Waals surface area contributed by atoms with Crippen LogP contribution in [0.4, 0.5) is 0 Å². The van der Waals surface area contributed by atoms with Crippen LogP contribution in [0.2, 0.25) is 0 Å². The van der Waals surface area contributed by atoms with Crippen molar-refractivity contribution in [1.82, 2.24) is 5.32 Å². The van der Waals surface area contributed by atoms with Crippen LogP contribution in [0.3, 0.4) is 0 Å². The maximum absolute atomic E-state index is 3.33. The maximum atomic E-state index is 3.33. The van der Waals surface area contributed by atoms with Crippen LogP contribution in [0, 0.1) is 11.8 Å². The Balaban J connectivity index is 2.16. The molecule has 0 bridgehead atoms. The number of nitrogens with one attached hydrogen (secondary N) is 1. The van der Waals surface area contributed by atoms with E-state index in [-0.39, 0.29) is 0 Å². The van der Waals surface area contributed by atoms with E-state index < -0.39 is 0 Å². The smallest absolute Gasteiger partial charge is 0.0246 e. The number of fused-ring (bicyclic) bond motifs is 1. The molecule has 0 saturated carbocycles. The van der Waals surface area contributed by atoms with E-state index in [2.05, 4.69) is 59.6 Å². The molecule has 0 fully saturated rings. The van der Waals surface area contributed by atoms with Crippen molar-refractivity contribution >= 4 is 10.8 Å². The van der Waals surface area contributed by atoms with E-state index in [1.165, 1.54) is 16.3 Å². The van der Waals surface area contributed by atoms with Crippen LogP contribution in [0.15, 0.2) is 42.5 Å². The van der Waals surface area contributed by atoms with Gasteiger partial charge in [0.1, 0.15) is 0 Å². The highest BCUT2D eigenvalue weighted by Crippen LogP contribution is 2.17. The minimum Gasteiger partial charge on any atom is -0.316 e. The zero-order valence-corrected chi connectivity index (χ0v) is 11.0. The molecule has 0 heterocycles. The van der Waals surface area contributed by atoms with Gasteiger partial charge in [-0.1, -0.05) is 42.5 Å². The van der Waals surface area contributed by atoms with Gasteiger partial charge in [0.2, 0.25) is 0 Å². The monoisotopic (exact) mass is 237 g/mol. The Hall–Kier alpha value is -1.78. The first-order chi connectivity index (χ1) is 8.83. The zero-order valence-electron chi connectivity index (χ0n) is 11.0. The first-order valence-corrected chi connectivity index (χ1v) is 6.38. The van der Waals surface area contributed by atoms with Gasteiger partial charge in [-0.15, -0.1) is 11.8 Å². The molecule has 1 unspecified atom stereocenters. The molecule has 0 aliphatic heterocycles. The van der Waals surface area contributed by atoms with Crippen molar-refractivity contribution < 1.29 is 0 Å². The molecule has 0 saturated heterocycles. The van der Waals surface area contributed by atoms with Crippen LogP contribution in [-0.4, -0.2) is 13.1 Å². The maximum Gasteiger partial charge on any atom is 0.0246 e.